The molecule has 6 heteroatoms. The molecule has 118 valence electrons. The van der Waals surface area contributed by atoms with Gasteiger partial charge in [-0.15, -0.1) is 0 Å². The fourth-order valence-corrected chi connectivity index (χ4v) is 3.34. The second-order valence-electron chi connectivity index (χ2n) is 6.26. The Morgan fingerprint density at radius 3 is 2.70 bits per heavy atom. The molecule has 3 nitrogen and oxygen atoms in total. The van der Waals surface area contributed by atoms with Gasteiger partial charge in [0.15, 0.2) is 0 Å². The van der Waals surface area contributed by atoms with Crippen LogP contribution < -0.4 is 5.32 Å². The van der Waals surface area contributed by atoms with Crippen LogP contribution in [0.5, 0.6) is 0 Å². The summed E-state index contributed by atoms with van der Waals surface area (Å²) in [5, 5.41) is 12.4. The fourth-order valence-electron chi connectivity index (χ4n) is 3.34. The number of hydrogen-bond donors (Lipinski definition) is 2. The van der Waals surface area contributed by atoms with Crippen molar-refractivity contribution in [3.8, 4) is 0 Å². The van der Waals surface area contributed by atoms with Crippen LogP contribution in [0.1, 0.15) is 38.5 Å². The van der Waals surface area contributed by atoms with E-state index in [4.69, 9.17) is 9.84 Å². The molecular formula is C14H24F3NO2. The zero-order valence-electron chi connectivity index (χ0n) is 11.7. The molecule has 1 aliphatic carbocycles. The Morgan fingerprint density at radius 1 is 1.30 bits per heavy atom. The molecule has 2 N–H and O–H groups in total. The van der Waals surface area contributed by atoms with Crippen molar-refractivity contribution in [2.45, 2.75) is 50.7 Å². The lowest BCUT2D eigenvalue weighted by molar-refractivity contribution is -0.183. The third-order valence-electron chi connectivity index (χ3n) is 4.73. The summed E-state index contributed by atoms with van der Waals surface area (Å²) < 4.78 is 43.7. The van der Waals surface area contributed by atoms with Crippen LogP contribution in [0.15, 0.2) is 0 Å². The predicted octanol–water partition coefficient (Wildman–Crippen LogP) is 2.49. The Hall–Kier alpha value is -0.330. The van der Waals surface area contributed by atoms with Gasteiger partial charge < -0.3 is 15.2 Å². The number of aliphatic hydroxyl groups excluding tert-OH is 1. The van der Waals surface area contributed by atoms with E-state index < -0.39 is 12.1 Å². The Kier molecular flexibility index (Phi) is 5.31. The van der Waals surface area contributed by atoms with Crippen molar-refractivity contribution in [2.24, 2.45) is 11.3 Å². The maximum absolute atomic E-state index is 12.8. The summed E-state index contributed by atoms with van der Waals surface area (Å²) in [6.45, 7) is 2.01. The average Bonchev–Trinajstić information content (AvgIpc) is 2.85. The van der Waals surface area contributed by atoms with E-state index in [9.17, 15) is 13.2 Å². The molecule has 0 unspecified atom stereocenters. The Bertz CT molecular complexity index is 303. The molecule has 0 aromatic carbocycles. The predicted molar refractivity (Wildman–Crippen MR) is 69.4 cm³/mol. The molecule has 0 spiro atoms. The van der Waals surface area contributed by atoms with E-state index in [0.29, 0.717) is 32.6 Å². The van der Waals surface area contributed by atoms with E-state index in [-0.39, 0.29) is 30.9 Å². The first kappa shape index (κ1) is 16.0. The monoisotopic (exact) mass is 295 g/mol. The van der Waals surface area contributed by atoms with Crippen LogP contribution in [0.25, 0.3) is 0 Å². The zero-order chi connectivity index (χ0) is 14.6. The molecule has 1 saturated carbocycles. The second kappa shape index (κ2) is 6.62. The molecule has 1 heterocycles. The summed E-state index contributed by atoms with van der Waals surface area (Å²) in [5.41, 5.74) is -0.0973. The van der Waals surface area contributed by atoms with E-state index in [1.54, 1.807) is 0 Å². The molecule has 3 atom stereocenters. The molecule has 20 heavy (non-hydrogen) atoms. The molecule has 2 aliphatic rings. The van der Waals surface area contributed by atoms with Crippen molar-refractivity contribution >= 4 is 0 Å². The van der Waals surface area contributed by atoms with E-state index in [0.717, 1.165) is 12.8 Å². The zero-order valence-corrected chi connectivity index (χ0v) is 11.7. The molecule has 0 amide bonds. The first-order valence-corrected chi connectivity index (χ1v) is 7.44. The number of alkyl halides is 3. The number of hydrogen-bond acceptors (Lipinski definition) is 3. The SMILES string of the molecule is OCC[C@]1(CN[C@H]2CCC[C@@H](C(F)(F)F)C2)CCOC1. The maximum Gasteiger partial charge on any atom is 0.391 e. The van der Waals surface area contributed by atoms with Crippen LogP contribution in [-0.2, 0) is 4.74 Å². The van der Waals surface area contributed by atoms with Gasteiger partial charge in [0.05, 0.1) is 12.5 Å². The van der Waals surface area contributed by atoms with Crippen LogP contribution in [0.3, 0.4) is 0 Å². The first-order chi connectivity index (χ1) is 9.45. The topological polar surface area (TPSA) is 41.5 Å². The summed E-state index contributed by atoms with van der Waals surface area (Å²) in [6, 6.07) is -0.0634. The first-order valence-electron chi connectivity index (χ1n) is 7.44. The Morgan fingerprint density at radius 2 is 2.10 bits per heavy atom. The van der Waals surface area contributed by atoms with E-state index in [2.05, 4.69) is 5.32 Å². The highest BCUT2D eigenvalue weighted by Gasteiger charge is 2.42. The highest BCUT2D eigenvalue weighted by atomic mass is 19.4. The highest BCUT2D eigenvalue weighted by Crippen LogP contribution is 2.38. The average molecular weight is 295 g/mol. The van der Waals surface area contributed by atoms with Crippen LogP contribution in [0.4, 0.5) is 13.2 Å². The second-order valence-corrected chi connectivity index (χ2v) is 6.26. The van der Waals surface area contributed by atoms with Gasteiger partial charge in [0.2, 0.25) is 0 Å². The minimum absolute atomic E-state index is 0.0634. The number of aliphatic hydroxyl groups is 1. The Balaban J connectivity index is 1.83. The van der Waals surface area contributed by atoms with Gasteiger partial charge in [-0.3, -0.25) is 0 Å². The standard InChI is InChI=1S/C14H24F3NO2/c15-14(16,17)11-2-1-3-12(8-11)18-9-13(4-6-19)5-7-20-10-13/h11-12,18-19H,1-10H2/t11-,12+,13-/m1/s1. The quantitative estimate of drug-likeness (QED) is 0.819. The number of halogens is 3. The van der Waals surface area contributed by atoms with E-state index >= 15 is 0 Å². The van der Waals surface area contributed by atoms with E-state index in [1.165, 1.54) is 0 Å². The molecule has 1 saturated heterocycles. The van der Waals surface area contributed by atoms with Crippen molar-refractivity contribution in [2.75, 3.05) is 26.4 Å². The van der Waals surface area contributed by atoms with Gasteiger partial charge in [-0.25, -0.2) is 0 Å². The summed E-state index contributed by atoms with van der Waals surface area (Å²) >= 11 is 0. The molecule has 1 aliphatic heterocycles. The largest absolute Gasteiger partial charge is 0.396 e. The third-order valence-corrected chi connectivity index (χ3v) is 4.73. The minimum atomic E-state index is -4.07. The molecular weight excluding hydrogens is 271 g/mol. The summed E-state index contributed by atoms with van der Waals surface area (Å²) in [7, 11) is 0. The molecule has 0 aromatic rings. The maximum atomic E-state index is 12.8. The van der Waals surface area contributed by atoms with Crippen molar-refractivity contribution in [1.29, 1.82) is 0 Å². The fraction of sp³-hybridized carbons (Fsp3) is 1.00. The van der Waals surface area contributed by atoms with Gasteiger partial charge in [0.1, 0.15) is 0 Å². The van der Waals surface area contributed by atoms with Crippen LogP contribution in [0.2, 0.25) is 0 Å². The van der Waals surface area contributed by atoms with Gasteiger partial charge in [0, 0.05) is 31.2 Å². The Labute approximate surface area is 117 Å². The number of ether oxygens (including phenoxy) is 1. The van der Waals surface area contributed by atoms with Gasteiger partial charge in [-0.05, 0) is 32.1 Å². The summed E-state index contributed by atoms with van der Waals surface area (Å²) in [6.07, 6.45) is -0.675. The van der Waals surface area contributed by atoms with Gasteiger partial charge in [-0.2, -0.15) is 13.2 Å². The smallest absolute Gasteiger partial charge is 0.391 e. The van der Waals surface area contributed by atoms with Crippen LogP contribution >= 0.6 is 0 Å². The van der Waals surface area contributed by atoms with Crippen molar-refractivity contribution in [3.63, 3.8) is 0 Å². The van der Waals surface area contributed by atoms with Crippen molar-refractivity contribution < 1.29 is 23.0 Å². The number of nitrogens with one attached hydrogen (secondary N) is 1. The van der Waals surface area contributed by atoms with Crippen molar-refractivity contribution in [3.05, 3.63) is 0 Å². The molecule has 2 fully saturated rings. The number of rotatable bonds is 5. The van der Waals surface area contributed by atoms with Crippen LogP contribution in [0, 0.1) is 11.3 Å². The van der Waals surface area contributed by atoms with Crippen LogP contribution in [-0.4, -0.2) is 43.7 Å². The summed E-state index contributed by atoms with van der Waals surface area (Å²) in [5.74, 6) is -1.16. The van der Waals surface area contributed by atoms with Crippen molar-refractivity contribution in [1.82, 2.24) is 5.32 Å². The highest BCUT2D eigenvalue weighted by molar-refractivity contribution is 4.88. The van der Waals surface area contributed by atoms with Gasteiger partial charge >= 0.3 is 6.18 Å². The third kappa shape index (κ3) is 4.09. The lowest BCUT2D eigenvalue weighted by atomic mass is 9.81. The lowest BCUT2D eigenvalue weighted by Crippen LogP contribution is -2.44. The van der Waals surface area contributed by atoms with E-state index in [1.807, 2.05) is 0 Å². The lowest BCUT2D eigenvalue weighted by Gasteiger charge is -2.34. The molecule has 0 bridgehead atoms. The van der Waals surface area contributed by atoms with Gasteiger partial charge in [-0.1, -0.05) is 6.42 Å². The normalized spacial score (nSPS) is 35.4. The van der Waals surface area contributed by atoms with Gasteiger partial charge in [0.25, 0.3) is 0 Å². The minimum Gasteiger partial charge on any atom is -0.396 e. The summed E-state index contributed by atoms with van der Waals surface area (Å²) in [4.78, 5) is 0. The molecule has 0 aromatic heterocycles. The molecule has 2 rings (SSSR count). The molecule has 0 radical (unpaired) electrons.